The van der Waals surface area contributed by atoms with Crippen molar-refractivity contribution >= 4 is 34.3 Å². The van der Waals surface area contributed by atoms with Crippen molar-refractivity contribution in [2.45, 2.75) is 13.3 Å². The van der Waals surface area contributed by atoms with Crippen LogP contribution in [0, 0.1) is 5.82 Å². The number of fused-ring (bicyclic) bond motifs is 1. The fourth-order valence-corrected chi connectivity index (χ4v) is 3.12. The molecule has 0 saturated heterocycles. The van der Waals surface area contributed by atoms with Crippen molar-refractivity contribution in [1.82, 2.24) is 19.5 Å². The average Bonchev–Trinajstić information content (AvgIpc) is 2.68. The molecular formula is C20H18ClFN6O. The molecule has 2 heterocycles. The number of hydrogen-bond acceptors (Lipinski definition) is 6. The Morgan fingerprint density at radius 3 is 2.34 bits per heavy atom. The number of rotatable bonds is 2. The highest BCUT2D eigenvalue weighted by molar-refractivity contribution is 6.35. The number of aryl methyl sites for hydroxylation is 1. The third-order valence-corrected chi connectivity index (χ3v) is 4.42. The maximum atomic E-state index is 13.5. The maximum absolute atomic E-state index is 13.5. The van der Waals surface area contributed by atoms with Crippen molar-refractivity contribution in [3.63, 3.8) is 0 Å². The first-order valence-corrected chi connectivity index (χ1v) is 9.07. The summed E-state index contributed by atoms with van der Waals surface area (Å²) in [7, 11) is 0. The first-order valence-electron chi connectivity index (χ1n) is 8.69. The van der Waals surface area contributed by atoms with Crippen LogP contribution in [-0.4, -0.2) is 19.5 Å². The Kier molecular flexibility index (Phi) is 6.04. The Labute approximate surface area is 170 Å². The predicted octanol–water partition coefficient (Wildman–Crippen LogP) is 3.38. The van der Waals surface area contributed by atoms with Gasteiger partial charge in [0.2, 0.25) is 11.9 Å². The van der Waals surface area contributed by atoms with Crippen LogP contribution in [0.3, 0.4) is 0 Å². The van der Waals surface area contributed by atoms with Crippen molar-refractivity contribution in [3.8, 4) is 5.69 Å². The number of nitrogens with two attached hydrogens (primary N) is 2. The molecule has 0 unspecified atom stereocenters. The molecule has 0 aliphatic heterocycles. The first kappa shape index (κ1) is 20.2. The largest absolute Gasteiger partial charge is 0.368 e. The molecule has 9 heteroatoms. The SMILES string of the molecule is CCc1cc2cccc(Cl)c2c(=O)n1-c1cccc(F)c1.Nc1ncnc(N)n1. The number of aromatic nitrogens is 4. The molecular weight excluding hydrogens is 395 g/mol. The lowest BCUT2D eigenvalue weighted by molar-refractivity contribution is 0.626. The van der Waals surface area contributed by atoms with E-state index in [0.717, 1.165) is 11.1 Å². The van der Waals surface area contributed by atoms with Crippen LogP contribution in [-0.2, 0) is 6.42 Å². The van der Waals surface area contributed by atoms with Crippen LogP contribution in [0.25, 0.3) is 16.5 Å². The van der Waals surface area contributed by atoms with Crippen LogP contribution in [0.5, 0.6) is 0 Å². The Bertz CT molecular complexity index is 1210. The molecule has 0 aliphatic rings. The van der Waals surface area contributed by atoms with Crippen LogP contribution in [0.1, 0.15) is 12.6 Å². The standard InChI is InChI=1S/C17H13ClFNO.C3H5N5/c1-2-13-9-11-5-3-8-15(18)16(11)17(21)20(13)14-7-4-6-12(19)10-14;4-2-6-1-7-3(5)8-2/h3-10H,2H2,1H3;1H,(H4,4,5,6,7,8). The first-order chi connectivity index (χ1) is 13.9. The fourth-order valence-electron chi connectivity index (χ4n) is 2.85. The van der Waals surface area contributed by atoms with Crippen molar-refractivity contribution in [2.75, 3.05) is 11.5 Å². The van der Waals surface area contributed by atoms with Gasteiger partial charge in [0.25, 0.3) is 5.56 Å². The lowest BCUT2D eigenvalue weighted by Gasteiger charge is -2.14. The van der Waals surface area contributed by atoms with E-state index in [9.17, 15) is 9.18 Å². The summed E-state index contributed by atoms with van der Waals surface area (Å²) in [4.78, 5) is 23.3. The normalized spacial score (nSPS) is 10.4. The van der Waals surface area contributed by atoms with E-state index in [0.29, 0.717) is 22.5 Å². The topological polar surface area (TPSA) is 113 Å². The molecule has 7 nitrogen and oxygen atoms in total. The highest BCUT2D eigenvalue weighted by atomic mass is 35.5. The summed E-state index contributed by atoms with van der Waals surface area (Å²) >= 11 is 6.16. The Morgan fingerprint density at radius 1 is 1.07 bits per heavy atom. The summed E-state index contributed by atoms with van der Waals surface area (Å²) in [6.45, 7) is 1.96. The number of anilines is 2. The van der Waals surface area contributed by atoms with E-state index in [-0.39, 0.29) is 23.3 Å². The summed E-state index contributed by atoms with van der Waals surface area (Å²) in [5, 5.41) is 1.67. The Morgan fingerprint density at radius 2 is 1.76 bits per heavy atom. The zero-order valence-corrected chi connectivity index (χ0v) is 16.3. The molecule has 2 aromatic heterocycles. The molecule has 0 atom stereocenters. The molecule has 4 aromatic rings. The third kappa shape index (κ3) is 4.49. The van der Waals surface area contributed by atoms with Gasteiger partial charge in [-0.05, 0) is 42.1 Å². The van der Waals surface area contributed by atoms with Crippen LogP contribution in [0.2, 0.25) is 5.02 Å². The number of hydrogen-bond donors (Lipinski definition) is 2. The van der Waals surface area contributed by atoms with E-state index in [4.69, 9.17) is 23.1 Å². The van der Waals surface area contributed by atoms with Gasteiger partial charge in [-0.2, -0.15) is 4.98 Å². The minimum absolute atomic E-state index is 0.150. The minimum Gasteiger partial charge on any atom is -0.368 e. The highest BCUT2D eigenvalue weighted by Gasteiger charge is 2.12. The predicted molar refractivity (Wildman–Crippen MR) is 113 cm³/mol. The monoisotopic (exact) mass is 412 g/mol. The van der Waals surface area contributed by atoms with E-state index < -0.39 is 0 Å². The van der Waals surface area contributed by atoms with Gasteiger partial charge in [-0.3, -0.25) is 9.36 Å². The summed E-state index contributed by atoms with van der Waals surface area (Å²) in [6.07, 6.45) is 1.92. The molecule has 148 valence electrons. The Balaban J connectivity index is 0.000000252. The highest BCUT2D eigenvalue weighted by Crippen LogP contribution is 2.23. The van der Waals surface area contributed by atoms with Gasteiger partial charge in [-0.25, -0.2) is 14.4 Å². The van der Waals surface area contributed by atoms with E-state index in [1.54, 1.807) is 18.2 Å². The molecule has 0 spiro atoms. The lowest BCUT2D eigenvalue weighted by Crippen LogP contribution is -2.22. The van der Waals surface area contributed by atoms with Gasteiger partial charge in [0.05, 0.1) is 16.1 Å². The summed E-state index contributed by atoms with van der Waals surface area (Å²) in [5.74, 6) is -0.0734. The van der Waals surface area contributed by atoms with Gasteiger partial charge in [0.15, 0.2) is 0 Å². The maximum Gasteiger partial charge on any atom is 0.264 e. The molecule has 0 aliphatic carbocycles. The van der Waals surface area contributed by atoms with E-state index >= 15 is 0 Å². The molecule has 2 aromatic carbocycles. The molecule has 0 amide bonds. The van der Waals surface area contributed by atoms with Crippen LogP contribution < -0.4 is 17.0 Å². The van der Waals surface area contributed by atoms with Crippen LogP contribution in [0.15, 0.2) is 59.7 Å². The van der Waals surface area contributed by atoms with E-state index in [1.807, 2.05) is 25.1 Å². The molecule has 4 rings (SSSR count). The quantitative estimate of drug-likeness (QED) is 0.521. The van der Waals surface area contributed by atoms with E-state index in [2.05, 4.69) is 15.0 Å². The van der Waals surface area contributed by atoms with Crippen molar-refractivity contribution in [2.24, 2.45) is 0 Å². The number of halogens is 2. The van der Waals surface area contributed by atoms with Gasteiger partial charge in [-0.15, -0.1) is 0 Å². The van der Waals surface area contributed by atoms with Gasteiger partial charge in [-0.1, -0.05) is 36.7 Å². The summed E-state index contributed by atoms with van der Waals surface area (Å²) in [5.41, 5.74) is 11.3. The van der Waals surface area contributed by atoms with Crippen molar-refractivity contribution in [3.05, 3.63) is 81.7 Å². The summed E-state index contributed by atoms with van der Waals surface area (Å²) in [6, 6.07) is 13.3. The van der Waals surface area contributed by atoms with Gasteiger partial charge in [0, 0.05) is 5.69 Å². The second kappa shape index (κ2) is 8.66. The third-order valence-electron chi connectivity index (χ3n) is 4.11. The van der Waals surface area contributed by atoms with Gasteiger partial charge < -0.3 is 11.5 Å². The molecule has 0 radical (unpaired) electrons. The number of nitrogens with zero attached hydrogens (tertiary/aromatic N) is 4. The van der Waals surface area contributed by atoms with E-state index in [1.165, 1.54) is 23.0 Å². The van der Waals surface area contributed by atoms with Crippen molar-refractivity contribution in [1.29, 1.82) is 0 Å². The fraction of sp³-hybridized carbons (Fsp3) is 0.100. The molecule has 29 heavy (non-hydrogen) atoms. The van der Waals surface area contributed by atoms with Gasteiger partial charge >= 0.3 is 0 Å². The zero-order valence-electron chi connectivity index (χ0n) is 15.5. The minimum atomic E-state index is -0.374. The molecule has 0 bridgehead atoms. The van der Waals surface area contributed by atoms with Crippen LogP contribution >= 0.6 is 11.6 Å². The zero-order chi connectivity index (χ0) is 21.0. The van der Waals surface area contributed by atoms with Crippen molar-refractivity contribution < 1.29 is 4.39 Å². The number of pyridine rings is 1. The molecule has 0 fully saturated rings. The molecule has 0 saturated carbocycles. The number of nitrogen functional groups attached to an aromatic ring is 2. The average molecular weight is 413 g/mol. The number of benzene rings is 2. The molecule has 4 N–H and O–H groups in total. The van der Waals surface area contributed by atoms with Crippen LogP contribution in [0.4, 0.5) is 16.3 Å². The smallest absolute Gasteiger partial charge is 0.264 e. The second-order valence-electron chi connectivity index (χ2n) is 6.02. The Hall–Kier alpha value is -3.52. The van der Waals surface area contributed by atoms with Gasteiger partial charge in [0.1, 0.15) is 12.1 Å². The lowest BCUT2D eigenvalue weighted by atomic mass is 10.1. The second-order valence-corrected chi connectivity index (χ2v) is 6.42. The summed E-state index contributed by atoms with van der Waals surface area (Å²) < 4.78 is 15.0.